The smallest absolute Gasteiger partial charge is 0.244 e. The molecule has 1 aromatic heterocycles. The molecule has 8 nitrogen and oxygen atoms in total. The summed E-state index contributed by atoms with van der Waals surface area (Å²) in [6.07, 6.45) is 0.534. The fraction of sp³-hybridized carbons (Fsp3) is 0.333. The molecule has 2 aromatic rings. The normalized spacial score (nSPS) is 11.5. The van der Waals surface area contributed by atoms with Gasteiger partial charge in [0.25, 0.3) is 0 Å². The Hall–Kier alpha value is -3.08. The van der Waals surface area contributed by atoms with Crippen molar-refractivity contribution in [3.05, 3.63) is 30.3 Å². The summed E-state index contributed by atoms with van der Waals surface area (Å²) in [5, 5.41) is 23.3. The lowest BCUT2D eigenvalue weighted by Crippen LogP contribution is -2.32. The van der Waals surface area contributed by atoms with Gasteiger partial charge in [0.05, 0.1) is 12.6 Å². The van der Waals surface area contributed by atoms with Gasteiger partial charge in [0.2, 0.25) is 11.7 Å². The number of aryl methyl sites for hydroxylation is 1. The van der Waals surface area contributed by atoms with Crippen molar-refractivity contribution in [2.24, 2.45) is 5.92 Å². The molecule has 1 atom stereocenters. The molecule has 0 aliphatic carbocycles. The largest absolute Gasteiger partial charge is 0.358 e. The molecule has 0 saturated heterocycles. The van der Waals surface area contributed by atoms with Gasteiger partial charge >= 0.3 is 0 Å². The van der Waals surface area contributed by atoms with Crippen molar-refractivity contribution in [2.75, 3.05) is 7.05 Å². The number of nitriles is 1. The highest BCUT2D eigenvalue weighted by Crippen LogP contribution is 2.12. The number of benzene rings is 1. The first kappa shape index (κ1) is 16.3. The predicted molar refractivity (Wildman–Crippen MR) is 80.7 cm³/mol. The van der Waals surface area contributed by atoms with E-state index in [4.69, 9.17) is 5.26 Å². The van der Waals surface area contributed by atoms with Gasteiger partial charge in [-0.15, -0.1) is 10.2 Å². The number of ketones is 1. The van der Waals surface area contributed by atoms with E-state index >= 15 is 0 Å². The summed E-state index contributed by atoms with van der Waals surface area (Å²) < 4.78 is 0. The lowest BCUT2D eigenvalue weighted by Gasteiger charge is -2.05. The van der Waals surface area contributed by atoms with Gasteiger partial charge in [0.1, 0.15) is 0 Å². The van der Waals surface area contributed by atoms with Crippen LogP contribution in [0, 0.1) is 17.2 Å². The van der Waals surface area contributed by atoms with Gasteiger partial charge in [-0.3, -0.25) is 9.59 Å². The van der Waals surface area contributed by atoms with Crippen molar-refractivity contribution in [1.29, 1.82) is 5.26 Å². The van der Waals surface area contributed by atoms with E-state index in [9.17, 15) is 9.59 Å². The van der Waals surface area contributed by atoms with E-state index < -0.39 is 17.6 Å². The first-order valence-electron chi connectivity index (χ1n) is 7.13. The van der Waals surface area contributed by atoms with Crippen molar-refractivity contribution in [2.45, 2.75) is 19.4 Å². The fourth-order valence-corrected chi connectivity index (χ4v) is 2.00. The minimum atomic E-state index is -1.26. The first-order chi connectivity index (χ1) is 11.2. The summed E-state index contributed by atoms with van der Waals surface area (Å²) in [6, 6.07) is 11.1. The molecule has 0 aliphatic heterocycles. The highest BCUT2D eigenvalue weighted by Gasteiger charge is 2.24. The average molecular weight is 312 g/mol. The van der Waals surface area contributed by atoms with Crippen LogP contribution in [-0.2, 0) is 16.1 Å². The molecular weight excluding hydrogens is 296 g/mol. The quantitative estimate of drug-likeness (QED) is 0.748. The minimum absolute atomic E-state index is 0.105. The number of rotatable bonds is 7. The molecule has 1 N–H and O–H groups in total. The summed E-state index contributed by atoms with van der Waals surface area (Å²) in [5.74, 6) is -1.74. The Morgan fingerprint density at radius 3 is 2.74 bits per heavy atom. The molecule has 8 heteroatoms. The lowest BCUT2D eigenvalue weighted by atomic mass is 10.0. The van der Waals surface area contributed by atoms with Crippen LogP contribution in [-0.4, -0.2) is 38.9 Å². The number of Topliss-reactive ketones (excluding diaryl/α,β-unsaturated/α-hetero) is 1. The molecule has 1 aromatic carbocycles. The third-order valence-electron chi connectivity index (χ3n) is 3.23. The molecule has 118 valence electrons. The number of nitrogens with one attached hydrogen (secondary N) is 1. The molecule has 0 fully saturated rings. The zero-order chi connectivity index (χ0) is 16.7. The summed E-state index contributed by atoms with van der Waals surface area (Å²) in [5.41, 5.74) is 0.860. The molecule has 1 unspecified atom stereocenters. The number of carbonyl (C=O) groups excluding carboxylic acids is 2. The molecule has 23 heavy (non-hydrogen) atoms. The second-order valence-corrected chi connectivity index (χ2v) is 4.82. The predicted octanol–water partition coefficient (Wildman–Crippen LogP) is 0.575. The Morgan fingerprint density at radius 2 is 2.09 bits per heavy atom. The molecule has 0 bridgehead atoms. The van der Waals surface area contributed by atoms with Crippen LogP contribution in [0.15, 0.2) is 30.3 Å². The first-order valence-corrected chi connectivity index (χ1v) is 7.13. The highest BCUT2D eigenvalue weighted by atomic mass is 16.2. The molecule has 1 heterocycles. The zero-order valence-corrected chi connectivity index (χ0v) is 12.6. The highest BCUT2D eigenvalue weighted by molar-refractivity contribution is 6.03. The number of amides is 1. The van der Waals surface area contributed by atoms with E-state index in [0.29, 0.717) is 18.8 Å². The summed E-state index contributed by atoms with van der Waals surface area (Å²) in [6.45, 7) is 0.386. The summed E-state index contributed by atoms with van der Waals surface area (Å²) in [7, 11) is 1.39. The molecule has 0 saturated carbocycles. The van der Waals surface area contributed by atoms with E-state index in [1.807, 2.05) is 30.3 Å². The van der Waals surface area contributed by atoms with Crippen molar-refractivity contribution >= 4 is 11.7 Å². The third-order valence-corrected chi connectivity index (χ3v) is 3.23. The van der Waals surface area contributed by atoms with Crippen LogP contribution in [0.4, 0.5) is 0 Å². The van der Waals surface area contributed by atoms with Crippen LogP contribution in [0.5, 0.6) is 0 Å². The molecule has 0 radical (unpaired) electrons. The van der Waals surface area contributed by atoms with Gasteiger partial charge in [-0.1, -0.05) is 30.3 Å². The number of aromatic nitrogens is 4. The van der Waals surface area contributed by atoms with Crippen molar-refractivity contribution < 1.29 is 9.59 Å². The second-order valence-electron chi connectivity index (χ2n) is 4.82. The minimum Gasteiger partial charge on any atom is -0.358 e. The fourth-order valence-electron chi connectivity index (χ4n) is 2.00. The van der Waals surface area contributed by atoms with Crippen LogP contribution in [0.2, 0.25) is 0 Å². The summed E-state index contributed by atoms with van der Waals surface area (Å²) >= 11 is 0. The number of hydrogen-bond donors (Lipinski definition) is 1. The topological polar surface area (TPSA) is 114 Å². The van der Waals surface area contributed by atoms with Crippen molar-refractivity contribution in [3.63, 3.8) is 0 Å². The maximum atomic E-state index is 11.8. The zero-order valence-electron chi connectivity index (χ0n) is 12.6. The van der Waals surface area contributed by atoms with Crippen LogP contribution >= 0.6 is 0 Å². The number of carbonyl (C=O) groups is 2. The number of tetrazole rings is 1. The standard InChI is InChI=1S/C15H16N6O2/c1-17-15(23)12(10-16)13(22)8-5-9-21-19-14(18-20-21)11-6-3-2-4-7-11/h2-4,6-7,12H,5,8-9H2,1H3,(H,17,23). The summed E-state index contributed by atoms with van der Waals surface area (Å²) in [4.78, 5) is 24.6. The monoisotopic (exact) mass is 312 g/mol. The Labute approximate surface area is 133 Å². The number of nitrogens with zero attached hydrogens (tertiary/aromatic N) is 5. The maximum Gasteiger partial charge on any atom is 0.244 e. The second kappa shape index (κ2) is 7.79. The SMILES string of the molecule is CNC(=O)C(C#N)C(=O)CCCn1nnc(-c2ccccc2)n1. The Morgan fingerprint density at radius 1 is 1.35 bits per heavy atom. The lowest BCUT2D eigenvalue weighted by molar-refractivity contribution is -0.131. The third kappa shape index (κ3) is 4.20. The van der Waals surface area contributed by atoms with E-state index in [-0.39, 0.29) is 6.42 Å². The van der Waals surface area contributed by atoms with Gasteiger partial charge in [0.15, 0.2) is 11.7 Å². The van der Waals surface area contributed by atoms with E-state index in [2.05, 4.69) is 20.7 Å². The van der Waals surface area contributed by atoms with Gasteiger partial charge in [0, 0.05) is 19.0 Å². The maximum absolute atomic E-state index is 11.8. The van der Waals surface area contributed by atoms with Gasteiger partial charge < -0.3 is 5.32 Å². The molecule has 1 amide bonds. The van der Waals surface area contributed by atoms with E-state index in [1.165, 1.54) is 11.8 Å². The van der Waals surface area contributed by atoms with Crippen molar-refractivity contribution in [1.82, 2.24) is 25.5 Å². The number of hydrogen-bond acceptors (Lipinski definition) is 6. The van der Waals surface area contributed by atoms with Gasteiger partial charge in [-0.25, -0.2) is 0 Å². The molecular formula is C15H16N6O2. The van der Waals surface area contributed by atoms with E-state index in [1.54, 1.807) is 6.07 Å². The molecule has 0 aliphatic rings. The Kier molecular flexibility index (Phi) is 5.52. The van der Waals surface area contributed by atoms with Crippen LogP contribution in [0.3, 0.4) is 0 Å². The van der Waals surface area contributed by atoms with Crippen LogP contribution in [0.25, 0.3) is 11.4 Å². The Balaban J connectivity index is 1.88. The van der Waals surface area contributed by atoms with Gasteiger partial charge in [-0.05, 0) is 11.6 Å². The molecule has 0 spiro atoms. The average Bonchev–Trinajstić information content (AvgIpc) is 3.05. The van der Waals surface area contributed by atoms with Crippen molar-refractivity contribution in [3.8, 4) is 17.5 Å². The Bertz CT molecular complexity index is 719. The van der Waals surface area contributed by atoms with Crippen LogP contribution < -0.4 is 5.32 Å². The van der Waals surface area contributed by atoms with E-state index in [0.717, 1.165) is 5.56 Å². The van der Waals surface area contributed by atoms with Crippen LogP contribution in [0.1, 0.15) is 12.8 Å². The van der Waals surface area contributed by atoms with Gasteiger partial charge in [-0.2, -0.15) is 10.1 Å². The molecule has 2 rings (SSSR count).